The number of hydrogen-bond donors (Lipinski definition) is 2. The molecule has 2 heterocycles. The monoisotopic (exact) mass is 263 g/mol. The minimum absolute atomic E-state index is 0.00787. The van der Waals surface area contributed by atoms with Gasteiger partial charge < -0.3 is 15.2 Å². The van der Waals surface area contributed by atoms with Gasteiger partial charge in [0.1, 0.15) is 5.69 Å². The molecule has 1 aliphatic heterocycles. The van der Waals surface area contributed by atoms with Gasteiger partial charge in [-0.3, -0.25) is 9.59 Å². The van der Waals surface area contributed by atoms with Crippen LogP contribution in [0.4, 0.5) is 0 Å². The summed E-state index contributed by atoms with van der Waals surface area (Å²) >= 11 is 0. The van der Waals surface area contributed by atoms with Gasteiger partial charge in [0.2, 0.25) is 5.91 Å². The van der Waals surface area contributed by atoms with Crippen molar-refractivity contribution < 1.29 is 9.59 Å². The molecule has 2 rings (SSSR count). The number of nitrogens with zero attached hydrogens (tertiary/aromatic N) is 1. The van der Waals surface area contributed by atoms with Crippen LogP contribution in [0.5, 0.6) is 0 Å². The fraction of sp³-hybridized carbons (Fsp3) is 0.571. The van der Waals surface area contributed by atoms with Gasteiger partial charge in [-0.25, -0.2) is 0 Å². The largest absolute Gasteiger partial charge is 0.356 e. The first-order chi connectivity index (χ1) is 9.15. The Morgan fingerprint density at radius 3 is 2.84 bits per heavy atom. The van der Waals surface area contributed by atoms with E-state index in [1.807, 2.05) is 26.0 Å². The molecule has 0 aliphatic carbocycles. The molecule has 2 N–H and O–H groups in total. The zero-order valence-electron chi connectivity index (χ0n) is 11.5. The third-order valence-corrected chi connectivity index (χ3v) is 3.55. The van der Waals surface area contributed by atoms with E-state index in [9.17, 15) is 9.59 Å². The second-order valence-electron chi connectivity index (χ2n) is 4.88. The topological polar surface area (TPSA) is 65.2 Å². The Kier molecular flexibility index (Phi) is 4.24. The van der Waals surface area contributed by atoms with Crippen LogP contribution < -0.4 is 5.32 Å². The van der Waals surface area contributed by atoms with Crippen molar-refractivity contribution in [1.29, 1.82) is 0 Å². The molecule has 5 nitrogen and oxygen atoms in total. The van der Waals surface area contributed by atoms with Gasteiger partial charge in [-0.1, -0.05) is 6.92 Å². The maximum Gasteiger partial charge on any atom is 0.270 e. The van der Waals surface area contributed by atoms with Crippen molar-refractivity contribution in [3.05, 3.63) is 23.5 Å². The third kappa shape index (κ3) is 2.97. The Balaban J connectivity index is 1.96. The summed E-state index contributed by atoms with van der Waals surface area (Å²) in [6.07, 6.45) is 1.63. The molecule has 104 valence electrons. The van der Waals surface area contributed by atoms with Crippen molar-refractivity contribution in [1.82, 2.24) is 15.2 Å². The molecule has 1 aromatic rings. The normalized spacial score (nSPS) is 18.6. The van der Waals surface area contributed by atoms with E-state index in [0.29, 0.717) is 25.3 Å². The lowest BCUT2D eigenvalue weighted by Crippen LogP contribution is -2.34. The molecule has 0 aromatic carbocycles. The van der Waals surface area contributed by atoms with Gasteiger partial charge in [0.25, 0.3) is 5.91 Å². The third-order valence-electron chi connectivity index (χ3n) is 3.55. The number of aromatic nitrogens is 1. The average molecular weight is 263 g/mol. The predicted octanol–water partition coefficient (Wildman–Crippen LogP) is 1.18. The molecular formula is C14H21N3O2. The summed E-state index contributed by atoms with van der Waals surface area (Å²) in [7, 11) is 0. The second kappa shape index (κ2) is 5.91. The summed E-state index contributed by atoms with van der Waals surface area (Å²) in [5, 5.41) is 2.82. The molecule has 19 heavy (non-hydrogen) atoms. The number of likely N-dealkylation sites (tertiary alicyclic amines) is 1. The lowest BCUT2D eigenvalue weighted by molar-refractivity contribution is -0.124. The first-order valence-electron chi connectivity index (χ1n) is 6.90. The SMILES string of the molecule is CCNC(=O)C1CCN(C(=O)c2ccc(CC)[nH]2)C1. The molecule has 1 fully saturated rings. The molecule has 1 aliphatic rings. The van der Waals surface area contributed by atoms with Crippen molar-refractivity contribution in [2.24, 2.45) is 5.92 Å². The van der Waals surface area contributed by atoms with Crippen molar-refractivity contribution in [2.45, 2.75) is 26.7 Å². The first kappa shape index (κ1) is 13.6. The van der Waals surface area contributed by atoms with Crippen molar-refractivity contribution in [3.63, 3.8) is 0 Å². The molecule has 1 unspecified atom stereocenters. The van der Waals surface area contributed by atoms with E-state index >= 15 is 0 Å². The van der Waals surface area contributed by atoms with Crippen LogP contribution in [0.15, 0.2) is 12.1 Å². The lowest BCUT2D eigenvalue weighted by Gasteiger charge is -2.15. The fourth-order valence-electron chi connectivity index (χ4n) is 2.42. The molecule has 2 amide bonds. The summed E-state index contributed by atoms with van der Waals surface area (Å²) in [4.78, 5) is 28.9. The Morgan fingerprint density at radius 1 is 1.42 bits per heavy atom. The summed E-state index contributed by atoms with van der Waals surface area (Å²) in [6, 6.07) is 3.76. The molecule has 1 saturated heterocycles. The van der Waals surface area contributed by atoms with Crippen LogP contribution in [0.2, 0.25) is 0 Å². The van der Waals surface area contributed by atoms with Gasteiger partial charge in [-0.15, -0.1) is 0 Å². The number of aryl methyl sites for hydroxylation is 1. The van der Waals surface area contributed by atoms with E-state index in [4.69, 9.17) is 0 Å². The first-order valence-corrected chi connectivity index (χ1v) is 6.90. The number of H-pyrrole nitrogens is 1. The highest BCUT2D eigenvalue weighted by atomic mass is 16.2. The van der Waals surface area contributed by atoms with Crippen LogP contribution >= 0.6 is 0 Å². The van der Waals surface area contributed by atoms with Crippen molar-refractivity contribution >= 4 is 11.8 Å². The van der Waals surface area contributed by atoms with Crippen molar-refractivity contribution in [3.8, 4) is 0 Å². The number of amides is 2. The predicted molar refractivity (Wildman–Crippen MR) is 72.9 cm³/mol. The van der Waals surface area contributed by atoms with Gasteiger partial charge >= 0.3 is 0 Å². The molecule has 1 aromatic heterocycles. The molecule has 0 radical (unpaired) electrons. The number of rotatable bonds is 4. The van der Waals surface area contributed by atoms with Crippen LogP contribution in [-0.4, -0.2) is 41.3 Å². The minimum atomic E-state index is -0.0653. The quantitative estimate of drug-likeness (QED) is 0.856. The molecule has 0 saturated carbocycles. The Morgan fingerprint density at radius 2 is 2.21 bits per heavy atom. The molecule has 1 atom stereocenters. The van der Waals surface area contributed by atoms with Gasteiger partial charge in [-0.2, -0.15) is 0 Å². The Bertz CT molecular complexity index is 467. The lowest BCUT2D eigenvalue weighted by atomic mass is 10.1. The number of nitrogens with one attached hydrogen (secondary N) is 2. The zero-order valence-corrected chi connectivity index (χ0v) is 11.5. The van der Waals surface area contributed by atoms with Gasteiger partial charge in [0.05, 0.1) is 5.92 Å². The Labute approximate surface area is 113 Å². The van der Waals surface area contributed by atoms with E-state index in [-0.39, 0.29) is 17.7 Å². The smallest absolute Gasteiger partial charge is 0.270 e. The highest BCUT2D eigenvalue weighted by molar-refractivity contribution is 5.93. The minimum Gasteiger partial charge on any atom is -0.356 e. The van der Waals surface area contributed by atoms with Crippen molar-refractivity contribution in [2.75, 3.05) is 19.6 Å². The molecule has 0 bridgehead atoms. The zero-order chi connectivity index (χ0) is 13.8. The summed E-state index contributed by atoms with van der Waals surface area (Å²) in [6.45, 7) is 5.76. The molecule has 0 spiro atoms. The van der Waals surface area contributed by atoms with E-state index < -0.39 is 0 Å². The van der Waals surface area contributed by atoms with Gasteiger partial charge in [0, 0.05) is 25.3 Å². The average Bonchev–Trinajstić information content (AvgIpc) is 3.07. The standard InChI is InChI=1S/C14H21N3O2/c1-3-11-5-6-12(16-11)14(19)17-8-7-10(9-17)13(18)15-4-2/h5-6,10,16H,3-4,7-9H2,1-2H3,(H,15,18). The van der Waals surface area contributed by atoms with Gasteiger partial charge in [0.15, 0.2) is 0 Å². The van der Waals surface area contributed by atoms with Gasteiger partial charge in [-0.05, 0) is 31.9 Å². The van der Waals surface area contributed by atoms with E-state index in [0.717, 1.165) is 18.5 Å². The van der Waals surface area contributed by atoms with Crippen LogP contribution in [0.3, 0.4) is 0 Å². The summed E-state index contributed by atoms with van der Waals surface area (Å²) in [5.41, 5.74) is 1.68. The maximum absolute atomic E-state index is 12.3. The van der Waals surface area contributed by atoms with Crippen LogP contribution in [0, 0.1) is 5.92 Å². The van der Waals surface area contributed by atoms with Crippen LogP contribution in [-0.2, 0) is 11.2 Å². The fourth-order valence-corrected chi connectivity index (χ4v) is 2.42. The number of carbonyl (C=O) groups is 2. The van der Waals surface area contributed by atoms with E-state index in [1.165, 1.54) is 0 Å². The maximum atomic E-state index is 12.3. The number of carbonyl (C=O) groups excluding carboxylic acids is 2. The second-order valence-corrected chi connectivity index (χ2v) is 4.88. The Hall–Kier alpha value is -1.78. The summed E-state index contributed by atoms with van der Waals surface area (Å²) < 4.78 is 0. The molecule has 5 heteroatoms. The van der Waals surface area contributed by atoms with Crippen LogP contribution in [0.1, 0.15) is 36.5 Å². The highest BCUT2D eigenvalue weighted by Gasteiger charge is 2.31. The number of hydrogen-bond acceptors (Lipinski definition) is 2. The van der Waals surface area contributed by atoms with E-state index in [1.54, 1.807) is 4.90 Å². The number of aromatic amines is 1. The van der Waals surface area contributed by atoms with E-state index in [2.05, 4.69) is 10.3 Å². The highest BCUT2D eigenvalue weighted by Crippen LogP contribution is 2.18. The van der Waals surface area contributed by atoms with Crippen LogP contribution in [0.25, 0.3) is 0 Å². The summed E-state index contributed by atoms with van der Waals surface area (Å²) in [5.74, 6) is -0.0189. The molecular weight excluding hydrogens is 242 g/mol.